The lowest BCUT2D eigenvalue weighted by atomic mass is 10.1. The van der Waals surface area contributed by atoms with E-state index in [1.54, 1.807) is 0 Å². The number of hydrogen-bond donors (Lipinski definition) is 0. The van der Waals surface area contributed by atoms with Crippen LogP contribution in [0.5, 0.6) is 0 Å². The maximum absolute atomic E-state index is 13.1. The van der Waals surface area contributed by atoms with E-state index < -0.39 is 55.4 Å². The molecule has 19 heavy (non-hydrogen) atoms. The number of halogens is 8. The standard InChI is InChI=1S/C8H2ClF7O2S/c9-19(17,18)6-2-4(8(14,15)16)3(1-5(6)10)7(11,12)13/h1-2H. The second kappa shape index (κ2) is 4.51. The summed E-state index contributed by atoms with van der Waals surface area (Å²) in [4.78, 5) is -1.67. The van der Waals surface area contributed by atoms with Crippen LogP contribution < -0.4 is 0 Å². The van der Waals surface area contributed by atoms with Crippen LogP contribution in [0.1, 0.15) is 11.1 Å². The van der Waals surface area contributed by atoms with Crippen molar-refractivity contribution < 1.29 is 39.2 Å². The maximum atomic E-state index is 13.1. The Hall–Kier alpha value is -1.03. The number of hydrogen-bond acceptors (Lipinski definition) is 2. The van der Waals surface area contributed by atoms with Gasteiger partial charge in [-0.25, -0.2) is 12.8 Å². The molecule has 1 aromatic rings. The van der Waals surface area contributed by atoms with Gasteiger partial charge in [0.1, 0.15) is 10.7 Å². The Morgan fingerprint density at radius 3 is 1.58 bits per heavy atom. The Balaban J connectivity index is 3.76. The normalized spacial score (nSPS) is 13.7. The molecule has 0 aromatic heterocycles. The van der Waals surface area contributed by atoms with Gasteiger partial charge in [-0.2, -0.15) is 26.3 Å². The summed E-state index contributed by atoms with van der Waals surface area (Å²) in [5, 5.41) is 0. The second-order valence-corrected chi connectivity index (χ2v) is 5.80. The molecule has 0 amide bonds. The van der Waals surface area contributed by atoms with Crippen molar-refractivity contribution in [3.8, 4) is 0 Å². The van der Waals surface area contributed by atoms with E-state index >= 15 is 0 Å². The highest BCUT2D eigenvalue weighted by Gasteiger charge is 2.44. The van der Waals surface area contributed by atoms with Crippen LogP contribution >= 0.6 is 10.7 Å². The van der Waals surface area contributed by atoms with Crippen LogP contribution in [0, 0.1) is 5.82 Å². The summed E-state index contributed by atoms with van der Waals surface area (Å²) in [6.07, 6.45) is -11.0. The van der Waals surface area contributed by atoms with Crippen LogP contribution in [0.25, 0.3) is 0 Å². The molecule has 0 aliphatic heterocycles. The van der Waals surface area contributed by atoms with Crippen LogP contribution in [0.3, 0.4) is 0 Å². The monoisotopic (exact) mass is 330 g/mol. The molecule has 0 radical (unpaired) electrons. The predicted octanol–water partition coefficient (Wildman–Crippen LogP) is 3.79. The highest BCUT2D eigenvalue weighted by molar-refractivity contribution is 8.13. The summed E-state index contributed by atoms with van der Waals surface area (Å²) >= 11 is 0. The third-order valence-corrected chi connectivity index (χ3v) is 3.28. The van der Waals surface area contributed by atoms with Gasteiger partial charge < -0.3 is 0 Å². The van der Waals surface area contributed by atoms with Gasteiger partial charge in [0.2, 0.25) is 0 Å². The average Bonchev–Trinajstić information content (AvgIpc) is 2.11. The SMILES string of the molecule is O=S(=O)(Cl)c1cc(C(F)(F)F)c(C(F)(F)F)cc1F. The molecule has 108 valence electrons. The van der Waals surface area contributed by atoms with E-state index in [2.05, 4.69) is 10.7 Å². The van der Waals surface area contributed by atoms with Crippen molar-refractivity contribution in [1.82, 2.24) is 0 Å². The molecular formula is C8H2ClF7O2S. The van der Waals surface area contributed by atoms with Crippen LogP contribution in [-0.2, 0) is 21.4 Å². The first kappa shape index (κ1) is 16.0. The van der Waals surface area contributed by atoms with Gasteiger partial charge in [-0.05, 0) is 12.1 Å². The first-order valence-electron chi connectivity index (χ1n) is 4.17. The largest absolute Gasteiger partial charge is 0.417 e. The Bertz CT molecular complexity index is 603. The molecule has 0 heterocycles. The lowest BCUT2D eigenvalue weighted by Gasteiger charge is -2.16. The van der Waals surface area contributed by atoms with Crippen molar-refractivity contribution in [3.05, 3.63) is 29.1 Å². The molecule has 11 heteroatoms. The Morgan fingerprint density at radius 1 is 0.895 bits per heavy atom. The quantitative estimate of drug-likeness (QED) is 0.580. The predicted molar refractivity (Wildman–Crippen MR) is 49.4 cm³/mol. The Morgan fingerprint density at radius 2 is 1.26 bits per heavy atom. The average molecular weight is 331 g/mol. The van der Waals surface area contributed by atoms with Gasteiger partial charge in [0.15, 0.2) is 0 Å². The topological polar surface area (TPSA) is 34.1 Å². The van der Waals surface area contributed by atoms with Crippen molar-refractivity contribution in [2.45, 2.75) is 17.2 Å². The van der Waals surface area contributed by atoms with E-state index in [4.69, 9.17) is 0 Å². The van der Waals surface area contributed by atoms with Crippen molar-refractivity contribution in [1.29, 1.82) is 0 Å². The molecule has 0 saturated carbocycles. The molecule has 0 fully saturated rings. The fourth-order valence-corrected chi connectivity index (χ4v) is 2.11. The molecule has 0 aliphatic rings. The van der Waals surface area contributed by atoms with Crippen LogP contribution in [-0.4, -0.2) is 8.42 Å². The lowest BCUT2D eigenvalue weighted by molar-refractivity contribution is -0.162. The molecule has 0 saturated heterocycles. The maximum Gasteiger partial charge on any atom is 0.417 e. The van der Waals surface area contributed by atoms with Gasteiger partial charge in [0.05, 0.1) is 11.1 Å². The molecular weight excluding hydrogens is 329 g/mol. The third-order valence-electron chi connectivity index (χ3n) is 1.95. The van der Waals surface area contributed by atoms with E-state index in [1.165, 1.54) is 0 Å². The molecule has 0 N–H and O–H groups in total. The molecule has 0 spiro atoms. The molecule has 0 atom stereocenters. The summed E-state index contributed by atoms with van der Waals surface area (Å²) in [5.41, 5.74) is -4.66. The molecule has 0 unspecified atom stereocenters. The van der Waals surface area contributed by atoms with Gasteiger partial charge in [-0.3, -0.25) is 0 Å². The van der Waals surface area contributed by atoms with Gasteiger partial charge >= 0.3 is 12.4 Å². The van der Waals surface area contributed by atoms with Crippen molar-refractivity contribution in [2.75, 3.05) is 0 Å². The van der Waals surface area contributed by atoms with Crippen LogP contribution in [0.2, 0.25) is 0 Å². The summed E-state index contributed by atoms with van der Waals surface area (Å²) in [6.45, 7) is 0. The van der Waals surface area contributed by atoms with E-state index in [1.807, 2.05) is 0 Å². The molecule has 1 aromatic carbocycles. The lowest BCUT2D eigenvalue weighted by Crippen LogP contribution is -2.18. The van der Waals surface area contributed by atoms with Gasteiger partial charge in [0, 0.05) is 10.7 Å². The molecule has 1 rings (SSSR count). The molecule has 2 nitrogen and oxygen atoms in total. The van der Waals surface area contributed by atoms with E-state index in [0.717, 1.165) is 0 Å². The first-order valence-corrected chi connectivity index (χ1v) is 6.48. The zero-order chi connectivity index (χ0) is 15.2. The van der Waals surface area contributed by atoms with Gasteiger partial charge in [-0.15, -0.1) is 0 Å². The smallest absolute Gasteiger partial charge is 0.207 e. The summed E-state index contributed by atoms with van der Waals surface area (Å²) in [6, 6.07) is -1.04. The van der Waals surface area contributed by atoms with Gasteiger partial charge in [0.25, 0.3) is 9.05 Å². The zero-order valence-electron chi connectivity index (χ0n) is 8.40. The third kappa shape index (κ3) is 3.50. The minimum atomic E-state index is -5.52. The zero-order valence-corrected chi connectivity index (χ0v) is 9.98. The Labute approximate surface area is 106 Å². The van der Waals surface area contributed by atoms with E-state index in [0.29, 0.717) is 0 Å². The summed E-state index contributed by atoms with van der Waals surface area (Å²) < 4.78 is 109. The van der Waals surface area contributed by atoms with Crippen LogP contribution in [0.4, 0.5) is 30.7 Å². The number of alkyl halides is 6. The van der Waals surface area contributed by atoms with Gasteiger partial charge in [-0.1, -0.05) is 0 Å². The van der Waals surface area contributed by atoms with E-state index in [-0.39, 0.29) is 0 Å². The van der Waals surface area contributed by atoms with Crippen molar-refractivity contribution >= 4 is 19.7 Å². The molecule has 0 bridgehead atoms. The van der Waals surface area contributed by atoms with E-state index in [9.17, 15) is 39.2 Å². The fraction of sp³-hybridized carbons (Fsp3) is 0.250. The minimum Gasteiger partial charge on any atom is -0.207 e. The summed E-state index contributed by atoms with van der Waals surface area (Å²) in [7, 11) is -0.313. The first-order chi connectivity index (χ1) is 8.24. The molecule has 0 aliphatic carbocycles. The van der Waals surface area contributed by atoms with Crippen LogP contribution in [0.15, 0.2) is 17.0 Å². The van der Waals surface area contributed by atoms with Crippen molar-refractivity contribution in [3.63, 3.8) is 0 Å². The van der Waals surface area contributed by atoms with Crippen molar-refractivity contribution in [2.24, 2.45) is 0 Å². The number of rotatable bonds is 1. The second-order valence-electron chi connectivity index (χ2n) is 3.26. The minimum absolute atomic E-state index is 0.486. The fourth-order valence-electron chi connectivity index (χ4n) is 1.21. The number of benzene rings is 1. The highest BCUT2D eigenvalue weighted by Crippen LogP contribution is 2.42. The summed E-state index contributed by atoms with van der Waals surface area (Å²) in [5.74, 6) is -2.02. The highest BCUT2D eigenvalue weighted by atomic mass is 35.7. The Kier molecular flexibility index (Phi) is 3.81.